The Morgan fingerprint density at radius 3 is 1.38 bits per heavy atom. The van der Waals surface area contributed by atoms with Crippen molar-refractivity contribution in [2.75, 3.05) is 27.2 Å². The Bertz CT molecular complexity index is 620. The number of carbonyl (C=O) groups excluding carboxylic acids is 3. The fourth-order valence-corrected chi connectivity index (χ4v) is 4.00. The summed E-state index contributed by atoms with van der Waals surface area (Å²) in [5.74, 6) is -1.99. The molecule has 10 heteroatoms. The van der Waals surface area contributed by atoms with Crippen LogP contribution in [0.4, 0.5) is 0 Å². The molecular weight excluding hydrogens is 530 g/mol. The number of carbonyl (C=O) groups is 4. The number of hydrogen-bond donors (Lipinski definition) is 2. The van der Waals surface area contributed by atoms with Crippen LogP contribution in [-0.4, -0.2) is 61.0 Å². The number of nitrogens with one attached hydrogen (secondary N) is 1. The van der Waals surface area contributed by atoms with Gasteiger partial charge in [0.2, 0.25) is 5.91 Å². The summed E-state index contributed by atoms with van der Waals surface area (Å²) in [7, 11) is 3.19. The molecule has 8 nitrogen and oxygen atoms in total. The molecule has 0 radical (unpaired) electrons. The van der Waals surface area contributed by atoms with E-state index in [-0.39, 0.29) is 87.4 Å². The molecule has 0 unspecified atom stereocenters. The summed E-state index contributed by atoms with van der Waals surface area (Å²) in [4.78, 5) is 46.8. The van der Waals surface area contributed by atoms with Gasteiger partial charge in [-0.2, -0.15) is 0 Å². The molecule has 0 heterocycles. The third-order valence-corrected chi connectivity index (χ3v) is 6.33. The molecule has 1 amide bonds. The summed E-state index contributed by atoms with van der Waals surface area (Å²) in [5.41, 5.74) is 0. The SMILES string of the molecule is CCCCCCCCCCCC(=O)OC(=O)CN(C)C(=O)CCCCCCCCCCC.CNCC(=O)O.[H-].[H-].[Na+].[Na+]. The van der Waals surface area contributed by atoms with Crippen molar-refractivity contribution in [1.29, 1.82) is 0 Å². The van der Waals surface area contributed by atoms with Crippen molar-refractivity contribution in [3.8, 4) is 0 Å². The molecule has 0 aromatic rings. The van der Waals surface area contributed by atoms with Crippen LogP contribution in [0.25, 0.3) is 0 Å². The van der Waals surface area contributed by atoms with Gasteiger partial charge in [-0.1, -0.05) is 117 Å². The van der Waals surface area contributed by atoms with Gasteiger partial charge in [-0.3, -0.25) is 14.4 Å². The van der Waals surface area contributed by atoms with E-state index in [1.165, 1.54) is 88.4 Å². The number of hydrogen-bond acceptors (Lipinski definition) is 6. The van der Waals surface area contributed by atoms with E-state index in [2.05, 4.69) is 19.2 Å². The molecule has 228 valence electrons. The van der Waals surface area contributed by atoms with Gasteiger partial charge in [0.1, 0.15) is 6.54 Å². The second kappa shape index (κ2) is 37.1. The Labute approximate surface area is 292 Å². The third kappa shape index (κ3) is 38.0. The van der Waals surface area contributed by atoms with E-state index in [1.54, 1.807) is 14.1 Å². The second-order valence-corrected chi connectivity index (χ2v) is 10.2. The fourth-order valence-electron chi connectivity index (χ4n) is 4.00. The average Bonchev–Trinajstić information content (AvgIpc) is 2.86. The Morgan fingerprint density at radius 2 is 1.02 bits per heavy atom. The second-order valence-electron chi connectivity index (χ2n) is 10.2. The molecule has 0 saturated carbocycles. The quantitative estimate of drug-likeness (QED) is 0.0743. The Hall–Kier alpha value is 0.0400. The number of nitrogens with zero attached hydrogens (tertiary/aromatic N) is 1. The van der Waals surface area contributed by atoms with E-state index in [0.717, 1.165) is 32.1 Å². The Morgan fingerprint density at radius 1 is 0.650 bits per heavy atom. The van der Waals surface area contributed by atoms with Gasteiger partial charge in [0.05, 0.1) is 6.54 Å². The molecule has 2 N–H and O–H groups in total. The number of carboxylic acids is 1. The van der Waals surface area contributed by atoms with Gasteiger partial charge < -0.3 is 22.9 Å². The number of rotatable bonds is 24. The van der Waals surface area contributed by atoms with Crippen molar-refractivity contribution in [2.24, 2.45) is 0 Å². The molecule has 0 aliphatic heterocycles. The summed E-state index contributed by atoms with van der Waals surface area (Å²) in [5, 5.41) is 10.3. The van der Waals surface area contributed by atoms with E-state index in [0.29, 0.717) is 6.42 Å². The van der Waals surface area contributed by atoms with Gasteiger partial charge >= 0.3 is 77.0 Å². The zero-order chi connectivity index (χ0) is 28.9. The topological polar surface area (TPSA) is 113 Å². The van der Waals surface area contributed by atoms with E-state index >= 15 is 0 Å². The number of esters is 2. The van der Waals surface area contributed by atoms with E-state index in [4.69, 9.17) is 9.84 Å². The number of likely N-dealkylation sites (N-methyl/N-ethyl adjacent to an activating group) is 2. The van der Waals surface area contributed by atoms with Crippen LogP contribution in [0.15, 0.2) is 0 Å². The Balaban J connectivity index is -0.000000291. The van der Waals surface area contributed by atoms with Crippen LogP contribution in [0.3, 0.4) is 0 Å². The summed E-state index contributed by atoms with van der Waals surface area (Å²) >= 11 is 0. The van der Waals surface area contributed by atoms with Gasteiger partial charge in [0.15, 0.2) is 0 Å². The molecule has 0 aromatic heterocycles. The monoisotopic (exact) mass is 590 g/mol. The average molecular weight is 591 g/mol. The normalized spacial score (nSPS) is 9.90. The van der Waals surface area contributed by atoms with Gasteiger partial charge in [-0.15, -0.1) is 0 Å². The van der Waals surface area contributed by atoms with Gasteiger partial charge in [0.25, 0.3) is 0 Å². The van der Waals surface area contributed by atoms with Gasteiger partial charge in [-0.05, 0) is 19.9 Å². The number of ether oxygens (including phenoxy) is 1. The van der Waals surface area contributed by atoms with Crippen molar-refractivity contribution < 1.29 is 91.0 Å². The summed E-state index contributed by atoms with van der Waals surface area (Å²) in [6.07, 6.45) is 22.1. The molecule has 0 atom stereocenters. The maximum atomic E-state index is 12.2. The minimum absolute atomic E-state index is 0. The first-order valence-electron chi connectivity index (χ1n) is 15.1. The van der Waals surface area contributed by atoms with E-state index in [9.17, 15) is 19.2 Å². The first kappa shape index (κ1) is 47.0. The van der Waals surface area contributed by atoms with Crippen molar-refractivity contribution in [1.82, 2.24) is 10.2 Å². The molecule has 0 saturated heterocycles. The summed E-state index contributed by atoms with van der Waals surface area (Å²) in [6.45, 7) is 4.34. The molecule has 0 spiro atoms. The third-order valence-electron chi connectivity index (χ3n) is 6.33. The predicted octanol–water partition coefficient (Wildman–Crippen LogP) is 0.880. The molecule has 0 aliphatic carbocycles. The zero-order valence-corrected chi connectivity index (χ0v) is 31.0. The molecule has 40 heavy (non-hydrogen) atoms. The fraction of sp³-hybridized carbons (Fsp3) is 0.867. The van der Waals surface area contributed by atoms with Crippen LogP contribution < -0.4 is 64.4 Å². The standard InChI is InChI=1S/C27H51NO4.C3H7NO2.2Na.2H/c1-4-6-8-10-12-14-16-18-20-22-25(29)28(3)24-27(31)32-26(30)23-21-19-17-15-13-11-9-7-5-2;1-4-2-3(5)6;;;;/h4-24H2,1-3H3;4H,2H2,1H3,(H,5,6);;;;/q;;2*+1;2*-1. The van der Waals surface area contributed by atoms with Crippen molar-refractivity contribution in [2.45, 2.75) is 142 Å². The van der Waals surface area contributed by atoms with E-state index in [1.807, 2.05) is 0 Å². The molecular formula is C30H60N2Na2O6. The minimum atomic E-state index is -0.822. The maximum absolute atomic E-state index is 12.2. The van der Waals surface area contributed by atoms with Crippen LogP contribution in [0.5, 0.6) is 0 Å². The zero-order valence-electron chi connectivity index (χ0n) is 29.0. The summed E-state index contributed by atoms with van der Waals surface area (Å²) < 4.78 is 4.87. The predicted molar refractivity (Wildman–Crippen MR) is 156 cm³/mol. The Kier molecular flexibility index (Phi) is 43.5. The smallest absolute Gasteiger partial charge is 1.00 e. The van der Waals surface area contributed by atoms with Crippen LogP contribution in [0.1, 0.15) is 145 Å². The van der Waals surface area contributed by atoms with Crippen molar-refractivity contribution >= 4 is 23.8 Å². The summed E-state index contributed by atoms with van der Waals surface area (Å²) in [6, 6.07) is 0. The van der Waals surface area contributed by atoms with Crippen LogP contribution in [0.2, 0.25) is 0 Å². The van der Waals surface area contributed by atoms with Crippen LogP contribution in [-0.2, 0) is 23.9 Å². The van der Waals surface area contributed by atoms with Crippen molar-refractivity contribution in [3.63, 3.8) is 0 Å². The molecule has 0 bridgehead atoms. The number of aliphatic carboxylic acids is 1. The number of amides is 1. The van der Waals surface area contributed by atoms with Crippen LogP contribution >= 0.6 is 0 Å². The first-order valence-corrected chi connectivity index (χ1v) is 15.1. The van der Waals surface area contributed by atoms with E-state index < -0.39 is 17.9 Å². The van der Waals surface area contributed by atoms with Crippen molar-refractivity contribution in [3.05, 3.63) is 0 Å². The molecule has 0 aromatic carbocycles. The number of carboxylic acid groups (broad SMARTS) is 1. The van der Waals surface area contributed by atoms with Gasteiger partial charge in [0, 0.05) is 19.9 Å². The van der Waals surface area contributed by atoms with Gasteiger partial charge in [-0.25, -0.2) is 4.79 Å². The molecule has 0 aliphatic rings. The van der Waals surface area contributed by atoms with Crippen LogP contribution in [0, 0.1) is 0 Å². The largest absolute Gasteiger partial charge is 1.00 e. The maximum Gasteiger partial charge on any atom is 1.00 e. The molecule has 0 fully saturated rings. The first-order chi connectivity index (χ1) is 18.3. The minimum Gasteiger partial charge on any atom is -1.00 e. The molecule has 0 rings (SSSR count). The number of unbranched alkanes of at least 4 members (excludes halogenated alkanes) is 16.